The van der Waals surface area contributed by atoms with Crippen LogP contribution in [0.2, 0.25) is 0 Å². The molecule has 2 aromatic rings. The Kier molecular flexibility index (Phi) is 3.10. The zero-order valence-corrected chi connectivity index (χ0v) is 9.49. The lowest BCUT2D eigenvalue weighted by Gasteiger charge is -2.08. The summed E-state index contributed by atoms with van der Waals surface area (Å²) < 4.78 is 0. The highest BCUT2D eigenvalue weighted by Crippen LogP contribution is 2.15. The zero-order valence-electron chi connectivity index (χ0n) is 8.68. The molecule has 0 radical (unpaired) electrons. The number of nitrogens with two attached hydrogens (primary N) is 1. The van der Waals surface area contributed by atoms with E-state index < -0.39 is 0 Å². The molecule has 1 aromatic carbocycles. The molecule has 86 valence electrons. The summed E-state index contributed by atoms with van der Waals surface area (Å²) in [5.74, 6) is -0.337. The van der Waals surface area contributed by atoms with E-state index in [4.69, 9.17) is 5.73 Å². The van der Waals surface area contributed by atoms with Crippen LogP contribution in [0.15, 0.2) is 30.6 Å². The van der Waals surface area contributed by atoms with Crippen LogP contribution in [-0.2, 0) is 0 Å². The summed E-state index contributed by atoms with van der Waals surface area (Å²) in [4.78, 5) is 11.8. The van der Waals surface area contributed by atoms with Crippen LogP contribution in [0.5, 0.6) is 0 Å². The number of fused-ring (bicyclic) bond motifs is 1. The molecule has 0 atom stereocenters. The van der Waals surface area contributed by atoms with Gasteiger partial charge in [0.1, 0.15) is 0 Å². The molecule has 0 saturated carbocycles. The number of hydrogen-bond acceptors (Lipinski definition) is 4. The van der Waals surface area contributed by atoms with E-state index in [0.29, 0.717) is 10.9 Å². The Morgan fingerprint density at radius 1 is 1.24 bits per heavy atom. The fraction of sp³-hybridized carbons (Fsp3) is 0. The standard InChI is InChI=1S/C10H9N5OS/c11-10(17)15-14-9(16)7-3-1-2-6-4-12-13-5-8(6)7/h1-5H,(H,14,16)(H3,11,15,17). The van der Waals surface area contributed by atoms with Gasteiger partial charge in [-0.2, -0.15) is 10.2 Å². The second-order valence-corrected chi connectivity index (χ2v) is 3.68. The normalized spacial score (nSPS) is 9.88. The average Bonchev–Trinajstić information content (AvgIpc) is 2.35. The third-order valence-corrected chi connectivity index (χ3v) is 2.24. The van der Waals surface area contributed by atoms with Gasteiger partial charge in [0.15, 0.2) is 5.11 Å². The van der Waals surface area contributed by atoms with Crippen molar-refractivity contribution >= 4 is 34.0 Å². The van der Waals surface area contributed by atoms with E-state index in [1.165, 1.54) is 6.20 Å². The van der Waals surface area contributed by atoms with Gasteiger partial charge in [-0.3, -0.25) is 15.6 Å². The Morgan fingerprint density at radius 3 is 2.76 bits per heavy atom. The van der Waals surface area contributed by atoms with Crippen LogP contribution in [0, 0.1) is 0 Å². The number of amides is 1. The summed E-state index contributed by atoms with van der Waals surface area (Å²) in [5.41, 5.74) is 10.5. The van der Waals surface area contributed by atoms with E-state index in [-0.39, 0.29) is 11.0 Å². The minimum atomic E-state index is -0.337. The highest BCUT2D eigenvalue weighted by molar-refractivity contribution is 7.80. The minimum Gasteiger partial charge on any atom is -0.375 e. The third kappa shape index (κ3) is 2.45. The van der Waals surface area contributed by atoms with Gasteiger partial charge >= 0.3 is 0 Å². The summed E-state index contributed by atoms with van der Waals surface area (Å²) in [6.07, 6.45) is 3.12. The predicted octanol–water partition coefficient (Wildman–Crippen LogP) is 0.108. The van der Waals surface area contributed by atoms with E-state index in [1.54, 1.807) is 18.3 Å². The number of nitrogens with zero attached hydrogens (tertiary/aromatic N) is 2. The number of carbonyl (C=O) groups excluding carboxylic acids is 1. The molecule has 0 unspecified atom stereocenters. The molecule has 6 nitrogen and oxygen atoms in total. The molecule has 2 rings (SSSR count). The van der Waals surface area contributed by atoms with Crippen LogP contribution in [0.25, 0.3) is 10.8 Å². The maximum atomic E-state index is 11.8. The molecule has 7 heteroatoms. The van der Waals surface area contributed by atoms with Crippen molar-refractivity contribution in [3.63, 3.8) is 0 Å². The van der Waals surface area contributed by atoms with Gasteiger partial charge in [-0.15, -0.1) is 0 Å². The van der Waals surface area contributed by atoms with Gasteiger partial charge in [0, 0.05) is 10.8 Å². The summed E-state index contributed by atoms with van der Waals surface area (Å²) in [5, 5.41) is 9.05. The van der Waals surface area contributed by atoms with Crippen molar-refractivity contribution in [2.75, 3.05) is 0 Å². The predicted molar refractivity (Wildman–Crippen MR) is 66.9 cm³/mol. The molecule has 0 fully saturated rings. The highest BCUT2D eigenvalue weighted by Gasteiger charge is 2.09. The summed E-state index contributed by atoms with van der Waals surface area (Å²) in [7, 11) is 0. The summed E-state index contributed by atoms with van der Waals surface area (Å²) >= 11 is 4.59. The molecule has 17 heavy (non-hydrogen) atoms. The van der Waals surface area contributed by atoms with Crippen molar-refractivity contribution < 1.29 is 4.79 Å². The lowest BCUT2D eigenvalue weighted by atomic mass is 10.1. The molecule has 0 aliphatic carbocycles. The van der Waals surface area contributed by atoms with Crippen molar-refractivity contribution in [1.29, 1.82) is 0 Å². The quantitative estimate of drug-likeness (QED) is 0.489. The molecule has 1 heterocycles. The molecular formula is C10H9N5OS. The maximum Gasteiger partial charge on any atom is 0.270 e. The summed E-state index contributed by atoms with van der Waals surface area (Å²) in [6, 6.07) is 5.29. The molecule has 0 aliphatic rings. The van der Waals surface area contributed by atoms with E-state index in [1.807, 2.05) is 6.07 Å². The van der Waals surface area contributed by atoms with Crippen molar-refractivity contribution in [2.24, 2.45) is 5.73 Å². The SMILES string of the molecule is NC(=S)NNC(=O)c1cccc2cnncc12. The first-order valence-corrected chi connectivity index (χ1v) is 5.14. The van der Waals surface area contributed by atoms with Crippen molar-refractivity contribution in [2.45, 2.75) is 0 Å². The van der Waals surface area contributed by atoms with Gasteiger partial charge in [0.25, 0.3) is 5.91 Å². The Bertz CT molecular complexity index is 580. The highest BCUT2D eigenvalue weighted by atomic mass is 32.1. The number of carbonyl (C=O) groups is 1. The fourth-order valence-corrected chi connectivity index (χ4v) is 1.46. The number of rotatable bonds is 1. The number of nitrogens with one attached hydrogen (secondary N) is 2. The Labute approximate surface area is 102 Å². The van der Waals surface area contributed by atoms with Gasteiger partial charge in [-0.1, -0.05) is 12.1 Å². The van der Waals surface area contributed by atoms with Crippen LogP contribution >= 0.6 is 12.2 Å². The van der Waals surface area contributed by atoms with Crippen LogP contribution in [0.3, 0.4) is 0 Å². The van der Waals surface area contributed by atoms with Gasteiger partial charge < -0.3 is 5.73 Å². The summed E-state index contributed by atoms with van der Waals surface area (Å²) in [6.45, 7) is 0. The van der Waals surface area contributed by atoms with Crippen molar-refractivity contribution in [3.8, 4) is 0 Å². The number of hydrogen-bond donors (Lipinski definition) is 3. The topological polar surface area (TPSA) is 92.9 Å². The minimum absolute atomic E-state index is 0.00150. The molecule has 4 N–H and O–H groups in total. The van der Waals surface area contributed by atoms with Gasteiger partial charge in [0.05, 0.1) is 18.0 Å². The molecule has 1 amide bonds. The molecule has 0 saturated heterocycles. The largest absolute Gasteiger partial charge is 0.375 e. The van der Waals surface area contributed by atoms with Gasteiger partial charge in [-0.05, 0) is 18.3 Å². The Morgan fingerprint density at radius 2 is 2.00 bits per heavy atom. The molecule has 0 bridgehead atoms. The van der Waals surface area contributed by atoms with Crippen LogP contribution in [0.1, 0.15) is 10.4 Å². The number of hydrazine groups is 1. The molecule has 0 aliphatic heterocycles. The van der Waals surface area contributed by atoms with E-state index in [9.17, 15) is 4.79 Å². The molecule has 0 spiro atoms. The second kappa shape index (κ2) is 4.71. The monoisotopic (exact) mass is 247 g/mol. The van der Waals surface area contributed by atoms with Gasteiger partial charge in [0.2, 0.25) is 0 Å². The molecular weight excluding hydrogens is 238 g/mol. The first-order chi connectivity index (χ1) is 8.18. The lowest BCUT2D eigenvalue weighted by Crippen LogP contribution is -2.44. The fourth-order valence-electron chi connectivity index (χ4n) is 1.41. The van der Waals surface area contributed by atoms with Crippen LogP contribution < -0.4 is 16.6 Å². The molecule has 1 aromatic heterocycles. The smallest absolute Gasteiger partial charge is 0.270 e. The Hall–Kier alpha value is -2.28. The second-order valence-electron chi connectivity index (χ2n) is 3.24. The average molecular weight is 247 g/mol. The first-order valence-electron chi connectivity index (χ1n) is 4.73. The lowest BCUT2D eigenvalue weighted by molar-refractivity contribution is 0.0945. The first kappa shape index (κ1) is 11.2. The van der Waals surface area contributed by atoms with E-state index >= 15 is 0 Å². The number of aromatic nitrogens is 2. The van der Waals surface area contributed by atoms with Crippen LogP contribution in [-0.4, -0.2) is 21.2 Å². The Balaban J connectivity index is 2.35. The van der Waals surface area contributed by atoms with E-state index in [0.717, 1.165) is 5.39 Å². The van der Waals surface area contributed by atoms with Crippen molar-refractivity contribution in [1.82, 2.24) is 21.0 Å². The maximum absolute atomic E-state index is 11.8. The van der Waals surface area contributed by atoms with Gasteiger partial charge in [-0.25, -0.2) is 0 Å². The zero-order chi connectivity index (χ0) is 12.3. The third-order valence-electron chi connectivity index (χ3n) is 2.13. The van der Waals surface area contributed by atoms with Crippen LogP contribution in [0.4, 0.5) is 0 Å². The van der Waals surface area contributed by atoms with Crippen molar-refractivity contribution in [3.05, 3.63) is 36.2 Å². The number of benzene rings is 1. The number of thiocarbonyl (C=S) groups is 1. The van der Waals surface area contributed by atoms with E-state index in [2.05, 4.69) is 33.3 Å².